The van der Waals surface area contributed by atoms with E-state index in [2.05, 4.69) is 11.2 Å². The summed E-state index contributed by atoms with van der Waals surface area (Å²) in [6.07, 6.45) is 7.85. The minimum atomic E-state index is -0.271. The van der Waals surface area contributed by atoms with Gasteiger partial charge in [-0.1, -0.05) is 0 Å². The minimum Gasteiger partial charge on any atom is -0.338 e. The first-order valence-corrected chi connectivity index (χ1v) is 7.66. The second-order valence-corrected chi connectivity index (χ2v) is 6.04. The molecule has 2 saturated carbocycles. The molecule has 16 heavy (non-hydrogen) atoms. The molecule has 0 unspecified atom stereocenters. The Morgan fingerprint density at radius 2 is 2.12 bits per heavy atom. The fourth-order valence-corrected chi connectivity index (χ4v) is 2.45. The van der Waals surface area contributed by atoms with Gasteiger partial charge in [0.05, 0.1) is 6.04 Å². The molecule has 1 amide bonds. The maximum Gasteiger partial charge on any atom is 0.239 e. The lowest BCUT2D eigenvalue weighted by atomic mass is 10.2. The van der Waals surface area contributed by atoms with Gasteiger partial charge in [0.15, 0.2) is 0 Å². The Kier molecular flexibility index (Phi) is 4.14. The standard InChI is InChI=1S/C12H22N2OS/c1-16-7-6-11(13)12(15)14(10-4-5-10)8-9-2-3-9/h9-11H,2-8,13H2,1H3/t11-/m1/s1. The van der Waals surface area contributed by atoms with Gasteiger partial charge in [-0.25, -0.2) is 0 Å². The van der Waals surface area contributed by atoms with Crippen molar-refractivity contribution in [2.24, 2.45) is 11.7 Å². The fraction of sp³-hybridized carbons (Fsp3) is 0.917. The average molecular weight is 242 g/mol. The summed E-state index contributed by atoms with van der Waals surface area (Å²) in [7, 11) is 0. The number of nitrogens with zero attached hydrogens (tertiary/aromatic N) is 1. The first-order chi connectivity index (χ1) is 7.72. The van der Waals surface area contributed by atoms with Crippen molar-refractivity contribution in [2.75, 3.05) is 18.6 Å². The molecule has 0 heterocycles. The van der Waals surface area contributed by atoms with Gasteiger partial charge in [0.25, 0.3) is 0 Å². The second-order valence-electron chi connectivity index (χ2n) is 5.05. The van der Waals surface area contributed by atoms with Crippen molar-refractivity contribution in [3.8, 4) is 0 Å². The average Bonchev–Trinajstić information content (AvgIpc) is 3.14. The molecule has 4 heteroatoms. The molecule has 0 aromatic rings. The van der Waals surface area contributed by atoms with Crippen LogP contribution in [0.5, 0.6) is 0 Å². The molecule has 0 bridgehead atoms. The minimum absolute atomic E-state index is 0.198. The van der Waals surface area contributed by atoms with Crippen molar-refractivity contribution in [3.05, 3.63) is 0 Å². The van der Waals surface area contributed by atoms with E-state index in [1.807, 2.05) is 0 Å². The molecule has 2 N–H and O–H groups in total. The van der Waals surface area contributed by atoms with Crippen molar-refractivity contribution in [2.45, 2.75) is 44.2 Å². The SMILES string of the molecule is CSCC[C@@H](N)C(=O)N(CC1CC1)C1CC1. The molecule has 1 atom stereocenters. The van der Waals surface area contributed by atoms with Crippen molar-refractivity contribution in [3.63, 3.8) is 0 Å². The van der Waals surface area contributed by atoms with Crippen LogP contribution in [0.15, 0.2) is 0 Å². The molecule has 92 valence electrons. The summed E-state index contributed by atoms with van der Waals surface area (Å²) in [4.78, 5) is 14.3. The Morgan fingerprint density at radius 3 is 2.62 bits per heavy atom. The first kappa shape index (κ1) is 12.2. The lowest BCUT2D eigenvalue weighted by Crippen LogP contribution is -2.46. The van der Waals surface area contributed by atoms with Crippen molar-refractivity contribution in [1.29, 1.82) is 0 Å². The van der Waals surface area contributed by atoms with Gasteiger partial charge in [-0.3, -0.25) is 4.79 Å². The third kappa shape index (κ3) is 3.39. The number of hydrogen-bond donors (Lipinski definition) is 1. The van der Waals surface area contributed by atoms with E-state index in [0.29, 0.717) is 6.04 Å². The predicted octanol–water partition coefficient (Wildman–Crippen LogP) is 1.47. The van der Waals surface area contributed by atoms with Crippen LogP contribution < -0.4 is 5.73 Å². The van der Waals surface area contributed by atoms with Crippen LogP contribution in [0.25, 0.3) is 0 Å². The number of hydrogen-bond acceptors (Lipinski definition) is 3. The second kappa shape index (κ2) is 5.41. The van der Waals surface area contributed by atoms with E-state index in [9.17, 15) is 4.79 Å². The number of carbonyl (C=O) groups excluding carboxylic acids is 1. The Balaban J connectivity index is 1.82. The number of amides is 1. The molecule has 2 fully saturated rings. The number of thioether (sulfide) groups is 1. The normalized spacial score (nSPS) is 21.9. The van der Waals surface area contributed by atoms with Gasteiger partial charge in [0, 0.05) is 12.6 Å². The lowest BCUT2D eigenvalue weighted by molar-refractivity contribution is -0.133. The summed E-state index contributed by atoms with van der Waals surface area (Å²) >= 11 is 1.76. The quantitative estimate of drug-likeness (QED) is 0.735. The van der Waals surface area contributed by atoms with Gasteiger partial charge in [0.2, 0.25) is 5.91 Å². The smallest absolute Gasteiger partial charge is 0.239 e. The highest BCUT2D eigenvalue weighted by molar-refractivity contribution is 7.98. The van der Waals surface area contributed by atoms with Gasteiger partial charge in [-0.2, -0.15) is 11.8 Å². The highest BCUT2D eigenvalue weighted by Crippen LogP contribution is 2.35. The Labute approximate surface area is 102 Å². The van der Waals surface area contributed by atoms with Gasteiger partial charge < -0.3 is 10.6 Å². The van der Waals surface area contributed by atoms with Crippen molar-refractivity contribution < 1.29 is 4.79 Å². The largest absolute Gasteiger partial charge is 0.338 e. The molecular weight excluding hydrogens is 220 g/mol. The van der Waals surface area contributed by atoms with Crippen LogP contribution >= 0.6 is 11.8 Å². The molecule has 0 spiro atoms. The maximum atomic E-state index is 12.2. The van der Waals surface area contributed by atoms with Crippen LogP contribution in [-0.4, -0.2) is 41.4 Å². The zero-order chi connectivity index (χ0) is 11.5. The molecule has 0 aromatic heterocycles. The van der Waals surface area contributed by atoms with E-state index in [1.54, 1.807) is 11.8 Å². The van der Waals surface area contributed by atoms with Crippen LogP contribution in [0.4, 0.5) is 0 Å². The molecular formula is C12H22N2OS. The van der Waals surface area contributed by atoms with Crippen molar-refractivity contribution >= 4 is 17.7 Å². The summed E-state index contributed by atoms with van der Waals surface area (Å²) in [6.45, 7) is 0.969. The lowest BCUT2D eigenvalue weighted by Gasteiger charge is -2.25. The zero-order valence-corrected chi connectivity index (χ0v) is 10.8. The molecule has 3 nitrogen and oxygen atoms in total. The van der Waals surface area contributed by atoms with E-state index in [1.165, 1.54) is 25.7 Å². The van der Waals surface area contributed by atoms with Crippen LogP contribution in [-0.2, 0) is 4.79 Å². The van der Waals surface area contributed by atoms with Crippen LogP contribution in [0.2, 0.25) is 0 Å². The number of rotatable bonds is 7. The highest BCUT2D eigenvalue weighted by Gasteiger charge is 2.37. The van der Waals surface area contributed by atoms with Crippen LogP contribution in [0, 0.1) is 5.92 Å². The molecule has 0 radical (unpaired) electrons. The Bertz CT molecular complexity index is 251. The Morgan fingerprint density at radius 1 is 1.44 bits per heavy atom. The van der Waals surface area contributed by atoms with E-state index in [4.69, 9.17) is 5.73 Å². The van der Waals surface area contributed by atoms with E-state index < -0.39 is 0 Å². The van der Waals surface area contributed by atoms with Gasteiger partial charge in [0.1, 0.15) is 0 Å². The summed E-state index contributed by atoms with van der Waals surface area (Å²) in [5.74, 6) is 1.95. The van der Waals surface area contributed by atoms with Gasteiger partial charge in [-0.05, 0) is 50.0 Å². The first-order valence-electron chi connectivity index (χ1n) is 6.27. The van der Waals surface area contributed by atoms with Crippen LogP contribution in [0.3, 0.4) is 0 Å². The van der Waals surface area contributed by atoms with E-state index in [-0.39, 0.29) is 11.9 Å². The third-order valence-electron chi connectivity index (χ3n) is 3.37. The maximum absolute atomic E-state index is 12.2. The topological polar surface area (TPSA) is 46.3 Å². The zero-order valence-electron chi connectivity index (χ0n) is 10.0. The number of nitrogens with two attached hydrogens (primary N) is 1. The number of carbonyl (C=O) groups is 1. The van der Waals surface area contributed by atoms with Gasteiger partial charge in [-0.15, -0.1) is 0 Å². The highest BCUT2D eigenvalue weighted by atomic mass is 32.2. The van der Waals surface area contributed by atoms with Crippen LogP contribution in [0.1, 0.15) is 32.1 Å². The van der Waals surface area contributed by atoms with Gasteiger partial charge >= 0.3 is 0 Å². The predicted molar refractivity (Wildman–Crippen MR) is 68.4 cm³/mol. The van der Waals surface area contributed by atoms with E-state index >= 15 is 0 Å². The summed E-state index contributed by atoms with van der Waals surface area (Å²) < 4.78 is 0. The fourth-order valence-electron chi connectivity index (χ4n) is 1.97. The molecule has 2 rings (SSSR count). The molecule has 2 aliphatic carbocycles. The summed E-state index contributed by atoms with van der Waals surface area (Å²) in [5, 5.41) is 0. The molecule has 0 saturated heterocycles. The third-order valence-corrected chi connectivity index (χ3v) is 4.02. The summed E-state index contributed by atoms with van der Waals surface area (Å²) in [5.41, 5.74) is 5.96. The summed E-state index contributed by atoms with van der Waals surface area (Å²) in [6, 6.07) is 0.250. The Hall–Kier alpha value is -0.220. The molecule has 2 aliphatic rings. The van der Waals surface area contributed by atoms with Crippen molar-refractivity contribution in [1.82, 2.24) is 4.90 Å². The monoisotopic (exact) mass is 242 g/mol. The van der Waals surface area contributed by atoms with E-state index in [0.717, 1.165) is 24.6 Å². The molecule has 0 aliphatic heterocycles. The molecule has 0 aromatic carbocycles.